The van der Waals surface area contributed by atoms with E-state index in [2.05, 4.69) is 4.72 Å². The van der Waals surface area contributed by atoms with Crippen LogP contribution in [0.4, 0.5) is 0 Å². The molecule has 2 aliphatic rings. The molecule has 26 heavy (non-hydrogen) atoms. The summed E-state index contributed by atoms with van der Waals surface area (Å²) in [7, 11) is -3.80. The Labute approximate surface area is 155 Å². The molecule has 0 spiro atoms. The number of carbonyl (C=O) groups excluding carboxylic acids is 1. The van der Waals surface area contributed by atoms with Gasteiger partial charge in [-0.05, 0) is 47.4 Å². The van der Waals surface area contributed by atoms with Gasteiger partial charge in [-0.25, -0.2) is 13.1 Å². The molecule has 4 nitrogen and oxygen atoms in total. The van der Waals surface area contributed by atoms with Crippen molar-refractivity contribution in [3.8, 4) is 0 Å². The Balaban J connectivity index is 1.73. The number of fused-ring (bicyclic) bond motifs is 3. The van der Waals surface area contributed by atoms with Gasteiger partial charge in [0.1, 0.15) is 4.75 Å². The molecule has 2 aromatic rings. The van der Waals surface area contributed by atoms with Crippen molar-refractivity contribution in [2.75, 3.05) is 0 Å². The Morgan fingerprint density at radius 1 is 1.12 bits per heavy atom. The molecule has 5 heteroatoms. The summed E-state index contributed by atoms with van der Waals surface area (Å²) in [4.78, 5) is 12.7. The first-order valence-corrected chi connectivity index (χ1v) is 10.7. The van der Waals surface area contributed by atoms with Gasteiger partial charge in [-0.1, -0.05) is 56.3 Å². The maximum absolute atomic E-state index is 13.4. The first kappa shape index (κ1) is 17.7. The van der Waals surface area contributed by atoms with Crippen molar-refractivity contribution in [1.29, 1.82) is 0 Å². The number of hydrogen-bond acceptors (Lipinski definition) is 3. The van der Waals surface area contributed by atoms with Crippen molar-refractivity contribution in [3.05, 3.63) is 48.0 Å². The fourth-order valence-corrected chi connectivity index (χ4v) is 7.71. The van der Waals surface area contributed by atoms with Crippen LogP contribution in [-0.4, -0.2) is 18.9 Å². The molecule has 2 bridgehead atoms. The maximum Gasteiger partial charge on any atom is 0.225 e. The molecule has 2 aliphatic carbocycles. The molecule has 138 valence electrons. The zero-order valence-corrected chi connectivity index (χ0v) is 16.3. The highest BCUT2D eigenvalue weighted by Crippen LogP contribution is 2.61. The van der Waals surface area contributed by atoms with Gasteiger partial charge in [0.25, 0.3) is 0 Å². The molecule has 2 fully saturated rings. The molecule has 1 N–H and O–H groups in total. The zero-order valence-electron chi connectivity index (χ0n) is 15.5. The first-order valence-electron chi connectivity index (χ1n) is 9.23. The van der Waals surface area contributed by atoms with E-state index in [1.807, 2.05) is 63.2 Å². The minimum Gasteiger partial charge on any atom is -0.298 e. The van der Waals surface area contributed by atoms with Gasteiger partial charge in [0, 0.05) is 12.5 Å². The molecule has 4 rings (SSSR count). The average molecular weight is 372 g/mol. The van der Waals surface area contributed by atoms with Crippen LogP contribution in [0.1, 0.15) is 51.6 Å². The molecule has 0 radical (unpaired) electrons. The molecule has 2 saturated carbocycles. The van der Waals surface area contributed by atoms with Gasteiger partial charge in [0.15, 0.2) is 5.78 Å². The lowest BCUT2D eigenvalue weighted by molar-refractivity contribution is -0.121. The predicted octanol–water partition coefficient (Wildman–Crippen LogP) is 3.97. The van der Waals surface area contributed by atoms with Crippen LogP contribution < -0.4 is 4.72 Å². The summed E-state index contributed by atoms with van der Waals surface area (Å²) in [5.74, 6) is 0.0517. The van der Waals surface area contributed by atoms with Gasteiger partial charge >= 0.3 is 0 Å². The van der Waals surface area contributed by atoms with Crippen LogP contribution in [0.2, 0.25) is 0 Å². The normalized spacial score (nSPS) is 28.6. The van der Waals surface area contributed by atoms with Crippen molar-refractivity contribution in [1.82, 2.24) is 4.72 Å². The smallest absolute Gasteiger partial charge is 0.225 e. The Hall–Kier alpha value is -1.72. The summed E-state index contributed by atoms with van der Waals surface area (Å²) >= 11 is 0. The molecule has 0 saturated heterocycles. The Bertz CT molecular complexity index is 990. The van der Waals surface area contributed by atoms with Crippen LogP contribution in [0.25, 0.3) is 10.8 Å². The summed E-state index contributed by atoms with van der Waals surface area (Å²) in [6.45, 7) is 5.74. The second-order valence-electron chi connectivity index (χ2n) is 8.32. The van der Waals surface area contributed by atoms with E-state index in [9.17, 15) is 13.2 Å². The van der Waals surface area contributed by atoms with Crippen molar-refractivity contribution in [3.63, 3.8) is 0 Å². The Kier molecular flexibility index (Phi) is 3.83. The fraction of sp³-hybridized carbons (Fsp3) is 0.476. The van der Waals surface area contributed by atoms with Crippen LogP contribution in [-0.2, 0) is 14.8 Å². The SMILES string of the molecule is C[C@@H](NS(=O)(=O)[C@]12CC[C@@H](CC1=O)C2(C)C)c1cccc2ccccc12. The molecule has 2 aromatic carbocycles. The van der Waals surface area contributed by atoms with Crippen LogP contribution in [0.3, 0.4) is 0 Å². The second-order valence-corrected chi connectivity index (χ2v) is 10.3. The predicted molar refractivity (Wildman–Crippen MR) is 103 cm³/mol. The fourth-order valence-electron chi connectivity index (χ4n) is 5.29. The lowest BCUT2D eigenvalue weighted by atomic mass is 9.81. The molecule has 0 aromatic heterocycles. The average Bonchev–Trinajstić information content (AvgIpc) is 2.97. The van der Waals surface area contributed by atoms with E-state index in [-0.39, 0.29) is 11.7 Å². The molecular weight excluding hydrogens is 346 g/mol. The summed E-state index contributed by atoms with van der Waals surface area (Å²) in [5, 5.41) is 2.11. The van der Waals surface area contributed by atoms with Crippen molar-refractivity contribution >= 4 is 26.6 Å². The van der Waals surface area contributed by atoms with E-state index in [0.29, 0.717) is 12.8 Å². The molecule has 0 amide bonds. The molecule has 0 aliphatic heterocycles. The van der Waals surface area contributed by atoms with Gasteiger partial charge in [0.2, 0.25) is 10.0 Å². The van der Waals surface area contributed by atoms with Gasteiger partial charge in [-0.15, -0.1) is 0 Å². The number of rotatable bonds is 4. The highest BCUT2D eigenvalue weighted by molar-refractivity contribution is 7.91. The minimum atomic E-state index is -3.80. The standard InChI is InChI=1S/C21H25NO3S/c1-14(17-10-6-8-15-7-4-5-9-18(15)17)22-26(24,25)21-12-11-16(13-19(21)23)20(21,2)3/h4-10,14,16,22H,11-13H2,1-3H3/t14-,16+,21-/m1/s1. The van der Waals surface area contributed by atoms with Crippen LogP contribution >= 0.6 is 0 Å². The topological polar surface area (TPSA) is 63.2 Å². The summed E-state index contributed by atoms with van der Waals surface area (Å²) in [6, 6.07) is 13.5. The van der Waals surface area contributed by atoms with E-state index in [0.717, 1.165) is 22.8 Å². The van der Waals surface area contributed by atoms with E-state index < -0.39 is 26.2 Å². The van der Waals surface area contributed by atoms with E-state index in [1.165, 1.54) is 0 Å². The number of carbonyl (C=O) groups is 1. The maximum atomic E-state index is 13.4. The highest BCUT2D eigenvalue weighted by atomic mass is 32.2. The third-order valence-corrected chi connectivity index (χ3v) is 9.41. The van der Waals surface area contributed by atoms with Crippen LogP contribution in [0.5, 0.6) is 0 Å². The lowest BCUT2D eigenvalue weighted by Crippen LogP contribution is -2.55. The number of ketones is 1. The number of hydrogen-bond donors (Lipinski definition) is 1. The monoisotopic (exact) mass is 371 g/mol. The minimum absolute atomic E-state index is 0.114. The number of nitrogens with one attached hydrogen (secondary N) is 1. The molecular formula is C21H25NO3S. The van der Waals surface area contributed by atoms with Crippen LogP contribution in [0, 0.1) is 11.3 Å². The molecule has 0 heterocycles. The second kappa shape index (κ2) is 5.64. The number of benzene rings is 2. The van der Waals surface area contributed by atoms with Gasteiger partial charge in [0.05, 0.1) is 0 Å². The summed E-state index contributed by atoms with van der Waals surface area (Å²) in [5.41, 5.74) is 0.412. The highest BCUT2D eigenvalue weighted by Gasteiger charge is 2.70. The largest absolute Gasteiger partial charge is 0.298 e. The van der Waals surface area contributed by atoms with E-state index >= 15 is 0 Å². The third kappa shape index (κ3) is 2.16. The van der Waals surface area contributed by atoms with E-state index in [4.69, 9.17) is 0 Å². The summed E-state index contributed by atoms with van der Waals surface area (Å²) < 4.78 is 28.4. The lowest BCUT2D eigenvalue weighted by Gasteiger charge is -2.36. The van der Waals surface area contributed by atoms with Crippen molar-refractivity contribution in [2.24, 2.45) is 11.3 Å². The quantitative estimate of drug-likeness (QED) is 0.884. The Morgan fingerprint density at radius 3 is 2.46 bits per heavy atom. The number of Topliss-reactive ketones (excluding diaryl/α,β-unsaturated/α-hetero) is 1. The molecule has 3 atom stereocenters. The molecule has 0 unspecified atom stereocenters. The van der Waals surface area contributed by atoms with Crippen molar-refractivity contribution in [2.45, 2.75) is 50.8 Å². The summed E-state index contributed by atoms with van der Waals surface area (Å²) in [6.07, 6.45) is 1.62. The zero-order chi connectivity index (χ0) is 18.7. The first-order chi connectivity index (χ1) is 12.2. The third-order valence-electron chi connectivity index (χ3n) is 6.87. The van der Waals surface area contributed by atoms with Crippen LogP contribution in [0.15, 0.2) is 42.5 Å². The Morgan fingerprint density at radius 2 is 1.81 bits per heavy atom. The van der Waals surface area contributed by atoms with Gasteiger partial charge in [-0.2, -0.15) is 0 Å². The van der Waals surface area contributed by atoms with Gasteiger partial charge in [-0.3, -0.25) is 4.79 Å². The van der Waals surface area contributed by atoms with Gasteiger partial charge < -0.3 is 0 Å². The van der Waals surface area contributed by atoms with E-state index in [1.54, 1.807) is 0 Å². The van der Waals surface area contributed by atoms with Crippen molar-refractivity contribution < 1.29 is 13.2 Å². The number of sulfonamides is 1.